The molecule has 2 aliphatic rings. The van der Waals surface area contributed by atoms with Crippen molar-refractivity contribution < 1.29 is 14.7 Å². The highest BCUT2D eigenvalue weighted by atomic mass is 16.3. The van der Waals surface area contributed by atoms with Crippen LogP contribution in [0.2, 0.25) is 0 Å². The van der Waals surface area contributed by atoms with E-state index in [9.17, 15) is 14.7 Å². The minimum atomic E-state index is -0.629. The average Bonchev–Trinajstić information content (AvgIpc) is 3.05. The molecule has 2 amide bonds. The SMILES string of the molecule is O=C(CC1C(=O)Nc2ccccc21)NC1c2ccccc2CC1O. The van der Waals surface area contributed by atoms with Gasteiger partial charge >= 0.3 is 0 Å². The average molecular weight is 322 g/mol. The smallest absolute Gasteiger partial charge is 0.232 e. The molecular weight excluding hydrogens is 304 g/mol. The lowest BCUT2D eigenvalue weighted by Gasteiger charge is -2.19. The number of fused-ring (bicyclic) bond motifs is 2. The summed E-state index contributed by atoms with van der Waals surface area (Å²) in [5, 5.41) is 15.9. The fourth-order valence-electron chi connectivity index (χ4n) is 3.64. The van der Waals surface area contributed by atoms with Crippen LogP contribution in [0.15, 0.2) is 48.5 Å². The second kappa shape index (κ2) is 5.76. The van der Waals surface area contributed by atoms with Crippen LogP contribution in [0.3, 0.4) is 0 Å². The van der Waals surface area contributed by atoms with Gasteiger partial charge in [-0.2, -0.15) is 0 Å². The second-order valence-corrected chi connectivity index (χ2v) is 6.35. The third-order valence-corrected chi connectivity index (χ3v) is 4.82. The van der Waals surface area contributed by atoms with Crippen molar-refractivity contribution in [1.82, 2.24) is 5.32 Å². The number of aliphatic hydroxyl groups is 1. The summed E-state index contributed by atoms with van der Waals surface area (Å²) >= 11 is 0. The topological polar surface area (TPSA) is 78.4 Å². The van der Waals surface area contributed by atoms with Crippen LogP contribution >= 0.6 is 0 Å². The molecule has 24 heavy (non-hydrogen) atoms. The van der Waals surface area contributed by atoms with Crippen molar-refractivity contribution in [2.24, 2.45) is 0 Å². The maximum absolute atomic E-state index is 12.5. The molecule has 0 fully saturated rings. The Morgan fingerprint density at radius 2 is 1.83 bits per heavy atom. The van der Waals surface area contributed by atoms with Gasteiger partial charge in [0.2, 0.25) is 11.8 Å². The number of hydrogen-bond donors (Lipinski definition) is 3. The quantitative estimate of drug-likeness (QED) is 0.807. The number of amides is 2. The lowest BCUT2D eigenvalue weighted by molar-refractivity contribution is -0.126. The third-order valence-electron chi connectivity index (χ3n) is 4.82. The molecule has 5 nitrogen and oxygen atoms in total. The molecule has 3 N–H and O–H groups in total. The van der Waals surface area contributed by atoms with E-state index in [2.05, 4.69) is 10.6 Å². The van der Waals surface area contributed by atoms with Crippen molar-refractivity contribution in [3.05, 3.63) is 65.2 Å². The van der Waals surface area contributed by atoms with E-state index in [0.29, 0.717) is 6.42 Å². The molecule has 2 aromatic rings. The second-order valence-electron chi connectivity index (χ2n) is 6.35. The molecule has 1 heterocycles. The van der Waals surface area contributed by atoms with E-state index >= 15 is 0 Å². The van der Waals surface area contributed by atoms with Gasteiger partial charge in [0.1, 0.15) is 0 Å². The zero-order valence-corrected chi connectivity index (χ0v) is 13.0. The van der Waals surface area contributed by atoms with Gasteiger partial charge < -0.3 is 15.7 Å². The maximum atomic E-state index is 12.5. The Hall–Kier alpha value is -2.66. The first-order chi connectivity index (χ1) is 11.6. The fourth-order valence-corrected chi connectivity index (χ4v) is 3.64. The van der Waals surface area contributed by atoms with Gasteiger partial charge in [-0.15, -0.1) is 0 Å². The zero-order valence-electron chi connectivity index (χ0n) is 13.0. The Morgan fingerprint density at radius 1 is 1.12 bits per heavy atom. The lowest BCUT2D eigenvalue weighted by atomic mass is 9.96. The highest BCUT2D eigenvalue weighted by molar-refractivity contribution is 6.04. The van der Waals surface area contributed by atoms with E-state index in [1.165, 1.54) is 0 Å². The number of nitrogens with one attached hydrogen (secondary N) is 2. The minimum absolute atomic E-state index is 0.0776. The molecule has 0 spiro atoms. The summed E-state index contributed by atoms with van der Waals surface area (Å²) in [6, 6.07) is 14.7. The van der Waals surface area contributed by atoms with Crippen molar-refractivity contribution in [3.63, 3.8) is 0 Å². The molecule has 4 rings (SSSR count). The Balaban J connectivity index is 1.49. The summed E-state index contributed by atoms with van der Waals surface area (Å²) in [5.74, 6) is -0.860. The predicted octanol–water partition coefficient (Wildman–Crippen LogP) is 1.89. The number of rotatable bonds is 3. The monoisotopic (exact) mass is 322 g/mol. The molecule has 3 atom stereocenters. The third kappa shape index (κ3) is 2.47. The number of aliphatic hydroxyl groups excluding tert-OH is 1. The van der Waals surface area contributed by atoms with E-state index < -0.39 is 18.1 Å². The molecule has 1 aliphatic heterocycles. The van der Waals surface area contributed by atoms with Crippen molar-refractivity contribution in [3.8, 4) is 0 Å². The summed E-state index contributed by atoms with van der Waals surface area (Å²) in [6.07, 6.45) is -0.0155. The summed E-state index contributed by atoms with van der Waals surface area (Å²) in [7, 11) is 0. The largest absolute Gasteiger partial charge is 0.390 e. The van der Waals surface area contributed by atoms with E-state index in [0.717, 1.165) is 22.4 Å². The minimum Gasteiger partial charge on any atom is -0.390 e. The fraction of sp³-hybridized carbons (Fsp3) is 0.263. The molecule has 0 saturated carbocycles. The van der Waals surface area contributed by atoms with Crippen LogP contribution in [0.4, 0.5) is 5.69 Å². The summed E-state index contributed by atoms with van der Waals surface area (Å²) in [5.41, 5.74) is 3.63. The number of para-hydroxylation sites is 1. The van der Waals surface area contributed by atoms with E-state index in [1.807, 2.05) is 48.5 Å². The summed E-state index contributed by atoms with van der Waals surface area (Å²) in [4.78, 5) is 24.6. The van der Waals surface area contributed by atoms with Crippen LogP contribution in [0.5, 0.6) is 0 Å². The van der Waals surface area contributed by atoms with E-state index in [4.69, 9.17) is 0 Å². The molecule has 0 bridgehead atoms. The van der Waals surface area contributed by atoms with Gasteiger partial charge in [-0.25, -0.2) is 0 Å². The predicted molar refractivity (Wildman–Crippen MR) is 89.5 cm³/mol. The Bertz CT molecular complexity index is 818. The van der Waals surface area contributed by atoms with Crippen LogP contribution in [-0.2, 0) is 16.0 Å². The van der Waals surface area contributed by atoms with Gasteiger partial charge in [0.25, 0.3) is 0 Å². The number of anilines is 1. The normalized spacial score (nSPS) is 24.2. The van der Waals surface area contributed by atoms with Crippen molar-refractivity contribution in [1.29, 1.82) is 0 Å². The first-order valence-corrected chi connectivity index (χ1v) is 8.08. The number of benzene rings is 2. The Morgan fingerprint density at radius 3 is 2.67 bits per heavy atom. The van der Waals surface area contributed by atoms with Crippen LogP contribution < -0.4 is 10.6 Å². The molecule has 0 radical (unpaired) electrons. The number of hydrogen-bond acceptors (Lipinski definition) is 3. The van der Waals surface area contributed by atoms with E-state index in [-0.39, 0.29) is 18.2 Å². The van der Waals surface area contributed by atoms with E-state index in [1.54, 1.807) is 0 Å². The Kier molecular flexibility index (Phi) is 3.58. The van der Waals surface area contributed by atoms with Gasteiger partial charge in [-0.1, -0.05) is 42.5 Å². The first-order valence-electron chi connectivity index (χ1n) is 8.08. The highest BCUT2D eigenvalue weighted by Gasteiger charge is 2.35. The van der Waals surface area contributed by atoms with Gasteiger partial charge in [0, 0.05) is 18.5 Å². The van der Waals surface area contributed by atoms with Gasteiger partial charge in [-0.3, -0.25) is 9.59 Å². The maximum Gasteiger partial charge on any atom is 0.232 e. The van der Waals surface area contributed by atoms with Crippen LogP contribution in [-0.4, -0.2) is 23.0 Å². The van der Waals surface area contributed by atoms with Crippen LogP contribution in [0, 0.1) is 0 Å². The molecule has 2 aromatic carbocycles. The molecule has 5 heteroatoms. The Labute approximate surface area is 139 Å². The van der Waals surface area contributed by atoms with Crippen molar-refractivity contribution >= 4 is 17.5 Å². The zero-order chi connectivity index (χ0) is 16.7. The highest BCUT2D eigenvalue weighted by Crippen LogP contribution is 2.35. The van der Waals surface area contributed by atoms with Crippen LogP contribution in [0.1, 0.15) is 35.1 Å². The van der Waals surface area contributed by atoms with Gasteiger partial charge in [0.15, 0.2) is 0 Å². The molecule has 0 saturated heterocycles. The molecule has 1 aliphatic carbocycles. The van der Waals surface area contributed by atoms with Crippen molar-refractivity contribution in [2.45, 2.75) is 30.9 Å². The van der Waals surface area contributed by atoms with Crippen LogP contribution in [0.25, 0.3) is 0 Å². The number of carbonyl (C=O) groups excluding carboxylic acids is 2. The van der Waals surface area contributed by atoms with Gasteiger partial charge in [-0.05, 0) is 22.8 Å². The molecule has 3 unspecified atom stereocenters. The van der Waals surface area contributed by atoms with Crippen molar-refractivity contribution in [2.75, 3.05) is 5.32 Å². The first kappa shape index (κ1) is 14.9. The molecule has 0 aromatic heterocycles. The number of carbonyl (C=O) groups is 2. The molecular formula is C19H18N2O3. The standard InChI is InChI=1S/C19H18N2O3/c22-16-9-11-5-1-2-6-12(11)18(16)21-17(23)10-14-13-7-3-4-8-15(13)20-19(14)24/h1-8,14,16,18,22H,9-10H2,(H,20,24)(H,21,23). The lowest BCUT2D eigenvalue weighted by Crippen LogP contribution is -2.35. The molecule has 122 valence electrons. The van der Waals surface area contributed by atoms with Gasteiger partial charge in [0.05, 0.1) is 18.1 Å². The summed E-state index contributed by atoms with van der Waals surface area (Å²) in [6.45, 7) is 0. The summed E-state index contributed by atoms with van der Waals surface area (Å²) < 4.78 is 0.